The van der Waals surface area contributed by atoms with Gasteiger partial charge in [-0.05, 0) is 31.2 Å². The summed E-state index contributed by atoms with van der Waals surface area (Å²) in [6, 6.07) is 11.1. The molecule has 0 unspecified atom stereocenters. The average Bonchev–Trinajstić information content (AvgIpc) is 2.48. The molecule has 1 atom stereocenters. The summed E-state index contributed by atoms with van der Waals surface area (Å²) in [4.78, 5) is 22.0. The third-order valence-electron chi connectivity index (χ3n) is 3.14. The lowest BCUT2D eigenvalue weighted by Crippen LogP contribution is -2.42. The minimum absolute atomic E-state index is 0.350. The van der Waals surface area contributed by atoms with E-state index in [1.165, 1.54) is 0 Å². The van der Waals surface area contributed by atoms with Crippen LogP contribution in [0.4, 0.5) is 0 Å². The van der Waals surface area contributed by atoms with Crippen LogP contribution in [0.3, 0.4) is 0 Å². The summed E-state index contributed by atoms with van der Waals surface area (Å²) in [5.74, 6) is -0.350. The Morgan fingerprint density at radius 3 is 1.95 bits per heavy atom. The molecule has 0 fully saturated rings. The van der Waals surface area contributed by atoms with Crippen LogP contribution in [0.15, 0.2) is 48.8 Å². The van der Waals surface area contributed by atoms with Gasteiger partial charge >= 0.3 is 0 Å². The van der Waals surface area contributed by atoms with Gasteiger partial charge in [0.2, 0.25) is 5.91 Å². The number of aromatic nitrogens is 2. The van der Waals surface area contributed by atoms with Crippen LogP contribution in [0.5, 0.6) is 0 Å². The van der Waals surface area contributed by atoms with Gasteiger partial charge in [-0.1, -0.05) is 12.1 Å². The van der Waals surface area contributed by atoms with Gasteiger partial charge in [-0.25, -0.2) is 0 Å². The van der Waals surface area contributed by atoms with Crippen LogP contribution in [-0.2, 0) is 17.9 Å². The van der Waals surface area contributed by atoms with Crippen LogP contribution < -0.4 is 5.73 Å². The maximum absolute atomic E-state index is 11.5. The first-order chi connectivity index (χ1) is 9.66. The summed E-state index contributed by atoms with van der Waals surface area (Å²) in [5, 5.41) is 0. The molecule has 0 bridgehead atoms. The van der Waals surface area contributed by atoms with Gasteiger partial charge in [0, 0.05) is 25.5 Å². The van der Waals surface area contributed by atoms with Crippen LogP contribution >= 0.6 is 0 Å². The van der Waals surface area contributed by atoms with Crippen molar-refractivity contribution in [1.82, 2.24) is 14.9 Å². The van der Waals surface area contributed by atoms with E-state index in [1.54, 1.807) is 19.3 Å². The van der Waals surface area contributed by atoms with Crippen molar-refractivity contribution >= 4 is 5.91 Å². The molecule has 1 amide bonds. The Hall–Kier alpha value is -2.27. The number of carbonyl (C=O) groups excluding carboxylic acids is 1. The third-order valence-corrected chi connectivity index (χ3v) is 3.14. The smallest absolute Gasteiger partial charge is 0.234 e. The molecule has 0 aromatic carbocycles. The molecule has 0 aliphatic heterocycles. The van der Waals surface area contributed by atoms with E-state index in [4.69, 9.17) is 5.73 Å². The number of nitrogens with two attached hydrogens (primary N) is 1. The summed E-state index contributed by atoms with van der Waals surface area (Å²) in [5.41, 5.74) is 7.22. The molecule has 0 spiro atoms. The van der Waals surface area contributed by atoms with E-state index in [-0.39, 0.29) is 11.9 Å². The molecule has 2 rings (SSSR count). The van der Waals surface area contributed by atoms with Gasteiger partial charge in [-0.3, -0.25) is 19.7 Å². The summed E-state index contributed by atoms with van der Waals surface area (Å²) < 4.78 is 0. The second-order valence-electron chi connectivity index (χ2n) is 4.63. The zero-order valence-electron chi connectivity index (χ0n) is 11.4. The topological polar surface area (TPSA) is 72.1 Å². The molecular formula is C15H18N4O. The third kappa shape index (κ3) is 3.86. The zero-order chi connectivity index (χ0) is 14.4. The number of carbonyl (C=O) groups is 1. The summed E-state index contributed by atoms with van der Waals surface area (Å²) in [6.45, 7) is 2.91. The van der Waals surface area contributed by atoms with E-state index in [2.05, 4.69) is 9.97 Å². The predicted octanol–water partition coefficient (Wildman–Crippen LogP) is 1.35. The maximum Gasteiger partial charge on any atom is 0.234 e. The van der Waals surface area contributed by atoms with Gasteiger partial charge in [0.25, 0.3) is 0 Å². The Morgan fingerprint density at radius 1 is 1.10 bits per heavy atom. The van der Waals surface area contributed by atoms with Crippen molar-refractivity contribution in [1.29, 1.82) is 0 Å². The van der Waals surface area contributed by atoms with Crippen molar-refractivity contribution in [2.75, 3.05) is 0 Å². The van der Waals surface area contributed by atoms with Crippen molar-refractivity contribution in [3.8, 4) is 0 Å². The molecule has 0 aliphatic carbocycles. The van der Waals surface area contributed by atoms with Crippen molar-refractivity contribution in [3.63, 3.8) is 0 Å². The largest absolute Gasteiger partial charge is 0.368 e. The fraction of sp³-hybridized carbons (Fsp3) is 0.267. The van der Waals surface area contributed by atoms with Gasteiger partial charge in [0.15, 0.2) is 0 Å². The van der Waals surface area contributed by atoms with Crippen LogP contribution in [0.25, 0.3) is 0 Å². The summed E-state index contributed by atoms with van der Waals surface area (Å²) >= 11 is 0. The van der Waals surface area contributed by atoms with Gasteiger partial charge in [-0.2, -0.15) is 0 Å². The first-order valence-electron chi connectivity index (χ1n) is 6.50. The van der Waals surface area contributed by atoms with Crippen LogP contribution in [-0.4, -0.2) is 26.8 Å². The fourth-order valence-electron chi connectivity index (χ4n) is 1.91. The van der Waals surface area contributed by atoms with Crippen LogP contribution in [0, 0.1) is 0 Å². The normalized spacial score (nSPS) is 12.3. The lowest BCUT2D eigenvalue weighted by atomic mass is 10.2. The Morgan fingerprint density at radius 2 is 1.60 bits per heavy atom. The SMILES string of the molecule is C[C@@H](C(N)=O)N(Cc1ccccn1)Cc1ccccn1. The molecule has 0 saturated carbocycles. The molecule has 104 valence electrons. The highest BCUT2D eigenvalue weighted by atomic mass is 16.1. The van der Waals surface area contributed by atoms with E-state index in [9.17, 15) is 4.79 Å². The maximum atomic E-state index is 11.5. The average molecular weight is 270 g/mol. The molecule has 2 heterocycles. The summed E-state index contributed by atoms with van der Waals surface area (Å²) in [7, 11) is 0. The molecule has 2 aromatic rings. The van der Waals surface area contributed by atoms with E-state index >= 15 is 0 Å². The van der Waals surface area contributed by atoms with E-state index < -0.39 is 0 Å². The molecule has 5 nitrogen and oxygen atoms in total. The number of amides is 1. The van der Waals surface area contributed by atoms with Crippen LogP contribution in [0.2, 0.25) is 0 Å². The van der Waals surface area contributed by atoms with Crippen molar-refractivity contribution in [2.45, 2.75) is 26.1 Å². The highest BCUT2D eigenvalue weighted by Crippen LogP contribution is 2.10. The summed E-state index contributed by atoms with van der Waals surface area (Å²) in [6.07, 6.45) is 3.48. The Kier molecular flexibility index (Phi) is 4.79. The van der Waals surface area contributed by atoms with Gasteiger partial charge in [-0.15, -0.1) is 0 Å². The second-order valence-corrected chi connectivity index (χ2v) is 4.63. The standard InChI is InChI=1S/C15H18N4O/c1-12(15(16)20)19(10-13-6-2-4-8-17-13)11-14-7-3-5-9-18-14/h2-9,12H,10-11H2,1H3,(H2,16,20)/t12-/m0/s1. The minimum atomic E-state index is -0.376. The molecule has 20 heavy (non-hydrogen) atoms. The quantitative estimate of drug-likeness (QED) is 0.860. The Balaban J connectivity index is 2.14. The first-order valence-corrected chi connectivity index (χ1v) is 6.50. The molecule has 0 aliphatic rings. The van der Waals surface area contributed by atoms with Gasteiger partial charge in [0.05, 0.1) is 17.4 Å². The minimum Gasteiger partial charge on any atom is -0.368 e. The van der Waals surface area contributed by atoms with E-state index in [1.807, 2.05) is 41.3 Å². The molecule has 0 saturated heterocycles. The molecule has 5 heteroatoms. The lowest BCUT2D eigenvalue weighted by molar-refractivity contribution is -0.123. The highest BCUT2D eigenvalue weighted by molar-refractivity contribution is 5.79. The first kappa shape index (κ1) is 14.1. The molecule has 2 N–H and O–H groups in total. The number of pyridine rings is 2. The second kappa shape index (κ2) is 6.77. The molecule has 0 radical (unpaired) electrons. The zero-order valence-corrected chi connectivity index (χ0v) is 11.4. The number of hydrogen-bond donors (Lipinski definition) is 1. The van der Waals surface area contributed by atoms with Crippen LogP contribution in [0.1, 0.15) is 18.3 Å². The number of primary amides is 1. The van der Waals surface area contributed by atoms with Crippen molar-refractivity contribution in [3.05, 3.63) is 60.2 Å². The highest BCUT2D eigenvalue weighted by Gasteiger charge is 2.20. The van der Waals surface area contributed by atoms with Crippen molar-refractivity contribution < 1.29 is 4.79 Å². The lowest BCUT2D eigenvalue weighted by Gasteiger charge is -2.26. The monoisotopic (exact) mass is 270 g/mol. The Labute approximate surface area is 118 Å². The Bertz CT molecular complexity index is 503. The van der Waals surface area contributed by atoms with E-state index in [0.29, 0.717) is 13.1 Å². The molecule has 2 aromatic heterocycles. The predicted molar refractivity (Wildman–Crippen MR) is 76.4 cm³/mol. The van der Waals surface area contributed by atoms with Gasteiger partial charge in [0.1, 0.15) is 0 Å². The number of rotatable bonds is 6. The van der Waals surface area contributed by atoms with E-state index in [0.717, 1.165) is 11.4 Å². The van der Waals surface area contributed by atoms with Crippen molar-refractivity contribution in [2.24, 2.45) is 5.73 Å². The fourth-order valence-corrected chi connectivity index (χ4v) is 1.91. The number of nitrogens with zero attached hydrogens (tertiary/aromatic N) is 3. The number of hydrogen-bond acceptors (Lipinski definition) is 4. The van der Waals surface area contributed by atoms with Gasteiger partial charge < -0.3 is 5.73 Å². The molecular weight excluding hydrogens is 252 g/mol.